The zero-order valence-corrected chi connectivity index (χ0v) is 21.4. The first-order valence-electron chi connectivity index (χ1n) is 10.9. The Morgan fingerprint density at radius 3 is 2.73 bits per heavy atom. The summed E-state index contributed by atoms with van der Waals surface area (Å²) in [6.45, 7) is 1.76. The number of carbonyl (C=O) groups is 4. The molecule has 0 spiro atoms. The molecule has 2 aromatic rings. The van der Waals surface area contributed by atoms with Crippen molar-refractivity contribution in [2.45, 2.75) is 30.4 Å². The highest BCUT2D eigenvalue weighted by atomic mass is 32.2. The second-order valence-corrected chi connectivity index (χ2v) is 9.94. The number of amides is 2. The van der Waals surface area contributed by atoms with E-state index in [0.717, 1.165) is 21.1 Å². The Morgan fingerprint density at radius 2 is 2.14 bits per heavy atom. The number of fused-ring (bicyclic) bond motifs is 1. The number of carboxylic acid groups (broad SMARTS) is 1. The van der Waals surface area contributed by atoms with Crippen LogP contribution in [0.2, 0.25) is 0 Å². The monoisotopic (exact) mass is 547 g/mol. The highest BCUT2D eigenvalue weighted by molar-refractivity contribution is 7.99. The number of nitrogens with one attached hydrogen (secondary N) is 1. The first-order valence-corrected chi connectivity index (χ1v) is 12.7. The summed E-state index contributed by atoms with van der Waals surface area (Å²) in [5.74, 6) is -2.28. The van der Waals surface area contributed by atoms with Crippen molar-refractivity contribution in [2.24, 2.45) is 5.16 Å². The number of carbonyl (C=O) groups excluding carboxylic acids is 3. The van der Waals surface area contributed by atoms with Crippen molar-refractivity contribution < 1.29 is 38.4 Å². The highest BCUT2D eigenvalue weighted by Gasteiger charge is 2.55. The van der Waals surface area contributed by atoms with Gasteiger partial charge in [0.2, 0.25) is 6.54 Å². The molecule has 2 aliphatic heterocycles. The van der Waals surface area contributed by atoms with E-state index in [9.17, 15) is 24.3 Å². The van der Waals surface area contributed by atoms with Gasteiger partial charge < -0.3 is 25.7 Å². The summed E-state index contributed by atoms with van der Waals surface area (Å²) in [5.41, 5.74) is 5.38. The van der Waals surface area contributed by atoms with Crippen LogP contribution in [-0.2, 0) is 35.3 Å². The van der Waals surface area contributed by atoms with Crippen LogP contribution in [0.15, 0.2) is 51.4 Å². The van der Waals surface area contributed by atoms with Crippen LogP contribution in [0.1, 0.15) is 12.6 Å². The Bertz CT molecular complexity index is 1310. The molecule has 4 rings (SSSR count). The van der Waals surface area contributed by atoms with E-state index in [0.29, 0.717) is 0 Å². The second-order valence-electron chi connectivity index (χ2n) is 8.00. The maximum atomic E-state index is 12.9. The summed E-state index contributed by atoms with van der Waals surface area (Å²) in [6, 6.07) is 1.88. The van der Waals surface area contributed by atoms with Gasteiger partial charge in [-0.25, -0.2) is 9.78 Å². The van der Waals surface area contributed by atoms with Crippen LogP contribution in [-0.4, -0.2) is 75.8 Å². The predicted molar refractivity (Wildman–Crippen MR) is 131 cm³/mol. The fraction of sp³-hybridized carbons (Fsp3) is 0.318. The van der Waals surface area contributed by atoms with E-state index in [1.54, 1.807) is 29.1 Å². The third kappa shape index (κ3) is 5.56. The number of aromatic nitrogens is 2. The average Bonchev–Trinajstić information content (AvgIpc) is 3.29. The third-order valence-electron chi connectivity index (χ3n) is 5.44. The summed E-state index contributed by atoms with van der Waals surface area (Å²) in [5, 5.41) is 17.8. The maximum Gasteiger partial charge on any atom is 0.356 e. The fourth-order valence-electron chi connectivity index (χ4n) is 3.82. The van der Waals surface area contributed by atoms with E-state index >= 15 is 0 Å². The number of oxime groups is 1. The Kier molecular flexibility index (Phi) is 7.73. The van der Waals surface area contributed by atoms with Crippen LogP contribution in [0.5, 0.6) is 0 Å². The number of rotatable bonds is 10. The molecular weight excluding hydrogens is 524 g/mol. The number of nitrogens with two attached hydrogens (primary N) is 1. The number of carboxylic acids is 1. The molecule has 2 aliphatic rings. The van der Waals surface area contributed by atoms with E-state index in [4.69, 9.17) is 15.3 Å². The first-order chi connectivity index (χ1) is 17.7. The lowest BCUT2D eigenvalue weighted by Crippen LogP contribution is -2.73. The molecule has 37 heavy (non-hydrogen) atoms. The molecule has 2 unspecified atom stereocenters. The van der Waals surface area contributed by atoms with Crippen molar-refractivity contribution >= 4 is 57.5 Å². The van der Waals surface area contributed by atoms with Crippen molar-refractivity contribution in [2.75, 3.05) is 25.2 Å². The Balaban J connectivity index is 1.45. The lowest BCUT2D eigenvalue weighted by Gasteiger charge is -2.49. The van der Waals surface area contributed by atoms with Gasteiger partial charge in [0.15, 0.2) is 34.7 Å². The average molecular weight is 548 g/mol. The van der Waals surface area contributed by atoms with Gasteiger partial charge in [-0.05, 0) is 0 Å². The lowest BCUT2D eigenvalue weighted by molar-refractivity contribution is -0.684. The summed E-state index contributed by atoms with van der Waals surface area (Å²) < 4.78 is 7.47. The molecular formula is C22H23N6O7S2+. The molecule has 2 atom stereocenters. The van der Waals surface area contributed by atoms with Gasteiger partial charge in [-0.3, -0.25) is 19.3 Å². The summed E-state index contributed by atoms with van der Waals surface area (Å²) >= 11 is 2.44. The van der Waals surface area contributed by atoms with Crippen molar-refractivity contribution in [1.82, 2.24) is 15.2 Å². The fourth-order valence-corrected chi connectivity index (χ4v) is 5.20. The number of nitrogen functional groups attached to an aromatic ring is 1. The SMILES string of the molecule is CO/N=C(\C(=O)NC1C(=O)N2C(C(=O)O)=C(CSc3cc[n+](CC(C)=O)cc3)OCC12)c1csc(N)n1. The molecule has 0 aliphatic carbocycles. The zero-order valence-electron chi connectivity index (χ0n) is 19.7. The van der Waals surface area contributed by atoms with Gasteiger partial charge in [-0.15, -0.1) is 23.1 Å². The molecule has 1 saturated heterocycles. The first kappa shape index (κ1) is 26.1. The van der Waals surface area contributed by atoms with Gasteiger partial charge in [0.1, 0.15) is 37.3 Å². The van der Waals surface area contributed by atoms with Gasteiger partial charge in [0.25, 0.3) is 11.8 Å². The smallest absolute Gasteiger partial charge is 0.356 e. The van der Waals surface area contributed by atoms with E-state index < -0.39 is 29.9 Å². The number of Topliss-reactive ketones (excluding diaryl/α,β-unsaturated/α-hetero) is 1. The van der Waals surface area contributed by atoms with Crippen LogP contribution in [0.4, 0.5) is 5.13 Å². The van der Waals surface area contributed by atoms with Gasteiger partial charge >= 0.3 is 5.97 Å². The number of hydrogen-bond acceptors (Lipinski definition) is 11. The maximum absolute atomic E-state index is 12.9. The predicted octanol–water partition coefficient (Wildman–Crippen LogP) is -0.233. The van der Waals surface area contributed by atoms with Crippen LogP contribution in [0, 0.1) is 0 Å². The molecule has 1 fully saturated rings. The van der Waals surface area contributed by atoms with E-state index in [1.165, 1.54) is 31.2 Å². The molecule has 0 radical (unpaired) electrons. The molecule has 2 amide bonds. The van der Waals surface area contributed by atoms with Crippen LogP contribution in [0.3, 0.4) is 0 Å². The minimum absolute atomic E-state index is 0.00281. The van der Waals surface area contributed by atoms with Crippen LogP contribution in [0.25, 0.3) is 0 Å². The number of hydrogen-bond donors (Lipinski definition) is 3. The lowest BCUT2D eigenvalue weighted by atomic mass is 9.92. The number of ether oxygens (including phenoxy) is 1. The highest BCUT2D eigenvalue weighted by Crippen LogP contribution is 2.35. The normalized spacial score (nSPS) is 19.0. The molecule has 2 aromatic heterocycles. The van der Waals surface area contributed by atoms with Gasteiger partial charge in [0, 0.05) is 29.3 Å². The number of anilines is 1. The van der Waals surface area contributed by atoms with Crippen molar-refractivity contribution in [3.05, 3.63) is 47.1 Å². The van der Waals surface area contributed by atoms with Gasteiger partial charge in [0.05, 0.1) is 5.75 Å². The molecule has 0 bridgehead atoms. The molecule has 0 saturated carbocycles. The number of β-lactam (4-membered cyclic amide) rings is 1. The molecule has 15 heteroatoms. The number of thiazole rings is 1. The van der Waals surface area contributed by atoms with Crippen LogP contribution >= 0.6 is 23.1 Å². The van der Waals surface area contributed by atoms with E-state index in [-0.39, 0.29) is 52.7 Å². The molecule has 4 N–H and O–H groups in total. The number of pyridine rings is 1. The number of thioether (sulfide) groups is 1. The van der Waals surface area contributed by atoms with Gasteiger partial charge in [-0.1, -0.05) is 5.16 Å². The van der Waals surface area contributed by atoms with E-state index in [2.05, 4.69) is 15.5 Å². The molecule has 13 nitrogen and oxygen atoms in total. The molecule has 0 aromatic carbocycles. The van der Waals surface area contributed by atoms with Crippen molar-refractivity contribution in [3.63, 3.8) is 0 Å². The quantitative estimate of drug-likeness (QED) is 0.118. The Morgan fingerprint density at radius 1 is 1.41 bits per heavy atom. The third-order valence-corrected chi connectivity index (χ3v) is 7.13. The summed E-state index contributed by atoms with van der Waals surface area (Å²) in [6.07, 6.45) is 3.50. The number of ketones is 1. The largest absolute Gasteiger partial charge is 0.492 e. The summed E-state index contributed by atoms with van der Waals surface area (Å²) in [7, 11) is 1.26. The van der Waals surface area contributed by atoms with Crippen molar-refractivity contribution in [1.29, 1.82) is 0 Å². The van der Waals surface area contributed by atoms with Gasteiger partial charge in [-0.2, -0.15) is 4.57 Å². The minimum atomic E-state index is -1.31. The van der Waals surface area contributed by atoms with Crippen LogP contribution < -0.4 is 15.6 Å². The summed E-state index contributed by atoms with van der Waals surface area (Å²) in [4.78, 5) is 59.8. The zero-order chi connectivity index (χ0) is 26.7. The van der Waals surface area contributed by atoms with E-state index in [1.807, 2.05) is 0 Å². The molecule has 4 heterocycles. The molecule has 194 valence electrons. The minimum Gasteiger partial charge on any atom is -0.492 e. The second kappa shape index (κ2) is 11.0. The Hall–Kier alpha value is -3.98. The Labute approximate surface area is 218 Å². The van der Waals surface area contributed by atoms with Crippen molar-refractivity contribution in [3.8, 4) is 0 Å². The number of aliphatic carboxylic acids is 1. The number of nitrogens with zero attached hydrogens (tertiary/aromatic N) is 4. The standard InChI is InChI=1S/C22H22N6O7S2/c1-11(29)7-27-5-3-12(4-6-27)36-10-15-18(21(32)33)28-14(8-35-15)17(20(28)31)25-19(30)16(26-34-2)13-9-37-22(23)24-13/h3-6,9,14,17H,7-8,10H2,1-2H3,(H3-,23,24,25,30,32,33)/p+1/b26-16-. The topological polar surface area (TPSA) is 177 Å².